The lowest BCUT2D eigenvalue weighted by molar-refractivity contribution is 0.626. The van der Waals surface area contributed by atoms with Gasteiger partial charge in [-0.1, -0.05) is 0 Å². The molecule has 0 aliphatic heterocycles. The molecule has 0 saturated carbocycles. The molecule has 7 rings (SSSR count). The first kappa shape index (κ1) is 21.6. The van der Waals surface area contributed by atoms with E-state index in [0.717, 1.165) is 24.3 Å². The molecule has 2 aromatic heterocycles. The van der Waals surface area contributed by atoms with Gasteiger partial charge in [-0.25, -0.2) is 37.5 Å². The van der Waals surface area contributed by atoms with Crippen LogP contribution in [0.4, 0.5) is 17.6 Å². The van der Waals surface area contributed by atoms with Crippen molar-refractivity contribution in [2.75, 3.05) is 0 Å². The molecule has 0 bridgehead atoms. The van der Waals surface area contributed by atoms with Gasteiger partial charge in [-0.05, 0) is 36.4 Å². The number of hydrogen-bond donors (Lipinski definition) is 0. The highest BCUT2D eigenvalue weighted by Gasteiger charge is 2.25. The molecule has 0 atom stereocenters. The molecule has 0 aliphatic carbocycles. The zero-order chi connectivity index (χ0) is 26.3. The van der Waals surface area contributed by atoms with E-state index in [1.54, 1.807) is 6.19 Å². The normalized spacial score (nSPS) is 13.0. The van der Waals surface area contributed by atoms with Gasteiger partial charge >= 0.3 is 0 Å². The number of fused-ring (bicyclic) bond motifs is 8. The monoisotopic (exact) mass is 506 g/mol. The summed E-state index contributed by atoms with van der Waals surface area (Å²) < 4.78 is 59.7. The van der Waals surface area contributed by atoms with Gasteiger partial charge < -0.3 is 0 Å². The molecule has 0 fully saturated rings. The lowest BCUT2D eigenvalue weighted by Gasteiger charge is -2.06. The number of benzene rings is 3. The summed E-state index contributed by atoms with van der Waals surface area (Å²) in [4.78, 5) is 23.8. The zero-order valence-electron chi connectivity index (χ0n) is 18.6. The SMILES string of the molecule is [C-]#[N+]/N=c1/c2cc(F)ccc2c2nc3c(F)c4nc5c(=NC#N)c6cc(F)ccc6c5nc4c(F)c3nc12. The molecule has 0 saturated heterocycles. The largest absolute Gasteiger partial charge is 0.240 e. The number of hydrogen-bond acceptors (Lipinski definition) is 7. The van der Waals surface area contributed by atoms with Gasteiger partial charge in [0.05, 0.1) is 16.1 Å². The molecule has 0 N–H and O–H groups in total. The number of aromatic nitrogens is 4. The molecule has 0 unspecified atom stereocenters. The highest BCUT2D eigenvalue weighted by Crippen LogP contribution is 2.32. The highest BCUT2D eigenvalue weighted by atomic mass is 19.1. The van der Waals surface area contributed by atoms with Crippen molar-refractivity contribution in [3.63, 3.8) is 0 Å². The van der Waals surface area contributed by atoms with Gasteiger partial charge in [-0.3, -0.25) is 0 Å². The van der Waals surface area contributed by atoms with Crippen molar-refractivity contribution in [1.29, 1.82) is 5.26 Å². The molecule has 0 spiro atoms. The third-order valence-electron chi connectivity index (χ3n) is 6.37. The fraction of sp³-hybridized carbons (Fsp3) is 0. The Morgan fingerprint density at radius 2 is 1.08 bits per heavy atom. The van der Waals surface area contributed by atoms with E-state index < -0.39 is 45.3 Å². The number of rotatable bonds is 0. The van der Waals surface area contributed by atoms with E-state index in [4.69, 9.17) is 11.8 Å². The Hall–Kier alpha value is -5.62. The smallest absolute Gasteiger partial charge is 0.206 e. The minimum atomic E-state index is -1.04. The van der Waals surface area contributed by atoms with Gasteiger partial charge in [0.25, 0.3) is 0 Å². The lowest BCUT2D eigenvalue weighted by atomic mass is 10.2. The maximum absolute atomic E-state index is 15.9. The van der Waals surface area contributed by atoms with Crippen LogP contribution in [0.5, 0.6) is 0 Å². The van der Waals surface area contributed by atoms with Gasteiger partial charge in [0, 0.05) is 21.5 Å². The quantitative estimate of drug-likeness (QED) is 0.0972. The average Bonchev–Trinajstić information content (AvgIpc) is 3.37. The summed E-state index contributed by atoms with van der Waals surface area (Å²) in [5.41, 5.74) is -1.76. The molecule has 38 heavy (non-hydrogen) atoms. The molecule has 7 aromatic rings. The number of nitriles is 1. The minimum Gasteiger partial charge on any atom is -0.240 e. The van der Waals surface area contributed by atoms with Crippen molar-refractivity contribution < 1.29 is 17.6 Å². The summed E-state index contributed by atoms with van der Waals surface area (Å²) in [6, 6.07) is 7.37. The van der Waals surface area contributed by atoms with E-state index in [1.165, 1.54) is 12.1 Å². The van der Waals surface area contributed by atoms with Gasteiger partial charge in [0.2, 0.25) is 6.19 Å². The van der Waals surface area contributed by atoms with Gasteiger partial charge in [-0.2, -0.15) is 16.8 Å². The number of nitrogens with zero attached hydrogens (tertiary/aromatic N) is 8. The maximum Gasteiger partial charge on any atom is 0.206 e. The Kier molecular flexibility index (Phi) is 4.24. The van der Waals surface area contributed by atoms with E-state index >= 15 is 8.78 Å². The fourth-order valence-electron chi connectivity index (χ4n) is 4.82. The standard InChI is InChI=1S/C26H6F4N8/c1-32-38-20-14-7-10(28)3-5-12(14)19-26(20)37-24-16(30)21-23(15(29)22(24)35-19)36-25-17(33-8-31)13-6-9(27)2-4-11(13)18(25)34-21/h2-7H/b33-17?,38-20-. The fourth-order valence-corrected chi connectivity index (χ4v) is 4.82. The number of halogens is 4. The van der Waals surface area contributed by atoms with Crippen LogP contribution < -0.4 is 10.7 Å². The molecule has 8 nitrogen and oxygen atoms in total. The van der Waals surface area contributed by atoms with Crippen molar-refractivity contribution in [2.45, 2.75) is 0 Å². The Morgan fingerprint density at radius 3 is 1.55 bits per heavy atom. The van der Waals surface area contributed by atoms with E-state index in [1.807, 2.05) is 0 Å². The van der Waals surface area contributed by atoms with Crippen molar-refractivity contribution in [3.05, 3.63) is 81.9 Å². The van der Waals surface area contributed by atoms with E-state index in [0.29, 0.717) is 10.8 Å². The lowest BCUT2D eigenvalue weighted by Crippen LogP contribution is -2.05. The summed E-state index contributed by atoms with van der Waals surface area (Å²) in [6.45, 7) is 7.13. The first-order valence-electron chi connectivity index (χ1n) is 10.8. The van der Waals surface area contributed by atoms with Crippen LogP contribution >= 0.6 is 0 Å². The first-order chi connectivity index (χ1) is 18.4. The van der Waals surface area contributed by atoms with Crippen LogP contribution in [0.1, 0.15) is 0 Å². The Morgan fingerprint density at radius 1 is 0.632 bits per heavy atom. The highest BCUT2D eigenvalue weighted by molar-refractivity contribution is 6.12. The van der Waals surface area contributed by atoms with Crippen molar-refractivity contribution in [3.8, 4) is 6.19 Å². The second-order valence-electron chi connectivity index (χ2n) is 8.35. The maximum atomic E-state index is 15.9. The Balaban J connectivity index is 1.71. The Labute approximate surface area is 207 Å². The third-order valence-corrected chi connectivity index (χ3v) is 6.37. The predicted molar refractivity (Wildman–Crippen MR) is 128 cm³/mol. The second-order valence-corrected chi connectivity index (χ2v) is 8.35. The van der Waals surface area contributed by atoms with Crippen molar-refractivity contribution in [1.82, 2.24) is 19.9 Å². The molecule has 0 radical (unpaired) electrons. The molecular formula is C26H6F4N8. The van der Waals surface area contributed by atoms with E-state index in [9.17, 15) is 8.78 Å². The molecule has 178 valence electrons. The first-order valence-corrected chi connectivity index (χ1v) is 10.8. The van der Waals surface area contributed by atoms with E-state index in [-0.39, 0.29) is 43.6 Å². The van der Waals surface area contributed by atoms with Crippen LogP contribution in [-0.2, 0) is 0 Å². The summed E-state index contributed by atoms with van der Waals surface area (Å²) in [7, 11) is 0. The van der Waals surface area contributed by atoms with Crippen LogP contribution in [0.2, 0.25) is 0 Å². The molecule has 0 aliphatic rings. The van der Waals surface area contributed by atoms with Crippen LogP contribution in [0.3, 0.4) is 0 Å². The second kappa shape index (κ2) is 7.44. The summed E-state index contributed by atoms with van der Waals surface area (Å²) in [5, 5.41) is 13.9. The predicted octanol–water partition coefficient (Wildman–Crippen LogP) is 4.73. The van der Waals surface area contributed by atoms with Crippen LogP contribution in [0.25, 0.3) is 70.6 Å². The minimum absolute atomic E-state index is 0.00914. The molecule has 2 heterocycles. The molecule has 12 heteroatoms. The van der Waals surface area contributed by atoms with Gasteiger partial charge in [0.1, 0.15) is 50.1 Å². The summed E-state index contributed by atoms with van der Waals surface area (Å²) in [5.74, 6) is -3.28. The topological polar surface area (TPSA) is 104 Å². The van der Waals surface area contributed by atoms with Gasteiger partial charge in [0.15, 0.2) is 17.0 Å². The average molecular weight is 506 g/mol. The zero-order valence-corrected chi connectivity index (χ0v) is 18.6. The Bertz CT molecular complexity index is 2260. The van der Waals surface area contributed by atoms with Crippen LogP contribution in [0, 0.1) is 41.3 Å². The van der Waals surface area contributed by atoms with Gasteiger partial charge in [-0.15, -0.1) is 4.95 Å². The van der Waals surface area contributed by atoms with Crippen molar-refractivity contribution in [2.24, 2.45) is 10.1 Å². The molecule has 5 aromatic carbocycles. The summed E-state index contributed by atoms with van der Waals surface area (Å²) >= 11 is 0. The van der Waals surface area contributed by atoms with Crippen LogP contribution in [0.15, 0.2) is 46.5 Å². The van der Waals surface area contributed by atoms with Crippen molar-refractivity contribution >= 4 is 65.7 Å². The van der Waals surface area contributed by atoms with E-state index in [2.05, 4.69) is 35.0 Å². The van der Waals surface area contributed by atoms with Crippen LogP contribution in [-0.4, -0.2) is 19.9 Å². The summed E-state index contributed by atoms with van der Waals surface area (Å²) in [6.07, 6.45) is 1.62. The molecular weight excluding hydrogens is 500 g/mol. The molecule has 0 amide bonds. The third kappa shape index (κ3) is 2.71.